The maximum Gasteiger partial charge on any atom is 0.108 e. The Morgan fingerprint density at radius 1 is 0.767 bits per heavy atom. The highest BCUT2D eigenvalue weighted by atomic mass is 15.4. The highest BCUT2D eigenvalue weighted by Crippen LogP contribution is 2.51. The van der Waals surface area contributed by atoms with Crippen LogP contribution in [0, 0.1) is 13.8 Å². The lowest BCUT2D eigenvalue weighted by Crippen LogP contribution is -2.37. The second kappa shape index (κ2) is 7.79. The minimum Gasteiger partial charge on any atom is -0.318 e. The molecule has 1 aliphatic heterocycles. The van der Waals surface area contributed by atoms with E-state index in [2.05, 4.69) is 112 Å². The van der Waals surface area contributed by atoms with Gasteiger partial charge in [-0.3, -0.25) is 4.98 Å². The van der Waals surface area contributed by atoms with Crippen LogP contribution in [0.1, 0.15) is 68.8 Å². The second-order valence-electron chi connectivity index (χ2n) is 9.07. The monoisotopic (exact) mass is 399 g/mol. The lowest BCUT2D eigenvalue weighted by Gasteiger charge is -2.34. The largest absolute Gasteiger partial charge is 0.318 e. The van der Waals surface area contributed by atoms with Gasteiger partial charge in [0.2, 0.25) is 0 Å². The molecular weight excluding hydrogens is 366 g/mol. The summed E-state index contributed by atoms with van der Waals surface area (Å²) in [4.78, 5) is 9.60. The van der Waals surface area contributed by atoms with Crippen molar-refractivity contribution < 1.29 is 0 Å². The molecule has 4 rings (SSSR count). The molecule has 0 unspecified atom stereocenters. The van der Waals surface area contributed by atoms with Crippen LogP contribution in [0.5, 0.6) is 0 Å². The van der Waals surface area contributed by atoms with Gasteiger partial charge in [0.05, 0.1) is 28.9 Å². The molecular formula is C27H33N3. The molecule has 0 spiro atoms. The molecule has 30 heavy (non-hydrogen) atoms. The molecule has 1 atom stereocenters. The summed E-state index contributed by atoms with van der Waals surface area (Å²) < 4.78 is 0. The summed E-state index contributed by atoms with van der Waals surface area (Å²) in [5, 5.41) is 0. The first-order valence-electron chi connectivity index (χ1n) is 11.0. The number of aryl methyl sites for hydroxylation is 2. The average Bonchev–Trinajstić information content (AvgIpc) is 2.99. The molecule has 1 aliphatic rings. The standard InChI is InChI=1S/C27H33N3/c1-17(2)22-11-10-12-23(18(3)4)27(22)30-21(7)29(24-13-8-9-14-25(24)30)26-16-28-20(6)15-19(26)5/h8-18,21H,1-7H3/t21-/m0/s1. The predicted molar refractivity (Wildman–Crippen MR) is 129 cm³/mol. The second-order valence-corrected chi connectivity index (χ2v) is 9.07. The van der Waals surface area contributed by atoms with Crippen molar-refractivity contribution in [1.82, 2.24) is 4.98 Å². The first-order valence-corrected chi connectivity index (χ1v) is 11.0. The molecule has 0 aliphatic carbocycles. The number of fused-ring (bicyclic) bond motifs is 1. The molecule has 1 aromatic heterocycles. The fourth-order valence-corrected chi connectivity index (χ4v) is 4.76. The Hall–Kier alpha value is -2.81. The first kappa shape index (κ1) is 20.5. The summed E-state index contributed by atoms with van der Waals surface area (Å²) >= 11 is 0. The Balaban J connectivity index is 1.96. The Kier molecular flexibility index (Phi) is 5.31. The number of benzene rings is 2. The average molecular weight is 400 g/mol. The quantitative estimate of drug-likeness (QED) is 0.451. The van der Waals surface area contributed by atoms with Gasteiger partial charge in [0.25, 0.3) is 0 Å². The van der Waals surface area contributed by atoms with Crippen LogP contribution in [0.2, 0.25) is 0 Å². The van der Waals surface area contributed by atoms with Crippen molar-refractivity contribution in [2.24, 2.45) is 0 Å². The minimum absolute atomic E-state index is 0.156. The van der Waals surface area contributed by atoms with E-state index < -0.39 is 0 Å². The van der Waals surface area contributed by atoms with Gasteiger partial charge < -0.3 is 9.80 Å². The first-order chi connectivity index (χ1) is 14.3. The summed E-state index contributed by atoms with van der Waals surface area (Å²) in [6, 6.07) is 17.8. The van der Waals surface area contributed by atoms with Crippen LogP contribution in [0.4, 0.5) is 22.7 Å². The zero-order valence-corrected chi connectivity index (χ0v) is 19.3. The Labute approximate surface area is 181 Å². The summed E-state index contributed by atoms with van der Waals surface area (Å²) in [5.74, 6) is 0.907. The van der Waals surface area contributed by atoms with Crippen molar-refractivity contribution in [1.29, 1.82) is 0 Å². The van der Waals surface area contributed by atoms with Gasteiger partial charge in [0.1, 0.15) is 6.17 Å². The van der Waals surface area contributed by atoms with Crippen LogP contribution in [-0.4, -0.2) is 11.1 Å². The molecule has 3 aromatic rings. The molecule has 0 amide bonds. The van der Waals surface area contributed by atoms with E-state index in [1.807, 2.05) is 6.20 Å². The predicted octanol–water partition coefficient (Wildman–Crippen LogP) is 7.58. The molecule has 0 saturated heterocycles. The third-order valence-electron chi connectivity index (χ3n) is 6.21. The van der Waals surface area contributed by atoms with Gasteiger partial charge >= 0.3 is 0 Å². The van der Waals surface area contributed by atoms with E-state index >= 15 is 0 Å². The smallest absolute Gasteiger partial charge is 0.108 e. The van der Waals surface area contributed by atoms with Gasteiger partial charge in [-0.15, -0.1) is 0 Å². The zero-order chi connectivity index (χ0) is 21.6. The molecule has 156 valence electrons. The fourth-order valence-electron chi connectivity index (χ4n) is 4.76. The van der Waals surface area contributed by atoms with E-state index in [1.165, 1.54) is 39.4 Å². The number of para-hydroxylation sites is 3. The number of anilines is 4. The molecule has 0 saturated carbocycles. The van der Waals surface area contributed by atoms with Crippen molar-refractivity contribution in [2.45, 2.75) is 66.5 Å². The molecule has 3 heteroatoms. The summed E-state index contributed by atoms with van der Waals surface area (Å²) in [7, 11) is 0. The number of rotatable bonds is 4. The normalized spacial score (nSPS) is 16.0. The molecule has 2 heterocycles. The number of hydrogen-bond acceptors (Lipinski definition) is 3. The van der Waals surface area contributed by atoms with E-state index in [1.54, 1.807) is 0 Å². The van der Waals surface area contributed by atoms with E-state index in [4.69, 9.17) is 0 Å². The van der Waals surface area contributed by atoms with Crippen LogP contribution >= 0.6 is 0 Å². The van der Waals surface area contributed by atoms with Gasteiger partial charge in [-0.2, -0.15) is 0 Å². The Morgan fingerprint density at radius 2 is 1.33 bits per heavy atom. The van der Waals surface area contributed by atoms with Crippen LogP contribution in [0.25, 0.3) is 0 Å². The van der Waals surface area contributed by atoms with Crippen LogP contribution in [-0.2, 0) is 0 Å². The van der Waals surface area contributed by atoms with Gasteiger partial charge in [-0.05, 0) is 67.5 Å². The van der Waals surface area contributed by atoms with Crippen molar-refractivity contribution in [2.75, 3.05) is 9.80 Å². The number of pyridine rings is 1. The Bertz CT molecular complexity index is 1040. The molecule has 0 radical (unpaired) electrons. The highest BCUT2D eigenvalue weighted by Gasteiger charge is 2.37. The number of hydrogen-bond donors (Lipinski definition) is 0. The van der Waals surface area contributed by atoms with Crippen LogP contribution in [0.3, 0.4) is 0 Å². The fraction of sp³-hybridized carbons (Fsp3) is 0.370. The molecule has 0 fully saturated rings. The van der Waals surface area contributed by atoms with Gasteiger partial charge in [0.15, 0.2) is 0 Å². The van der Waals surface area contributed by atoms with Crippen molar-refractivity contribution >= 4 is 22.7 Å². The van der Waals surface area contributed by atoms with E-state index in [0.717, 1.165) is 5.69 Å². The molecule has 2 aromatic carbocycles. The van der Waals surface area contributed by atoms with Crippen molar-refractivity contribution in [3.63, 3.8) is 0 Å². The third-order valence-corrected chi connectivity index (χ3v) is 6.21. The summed E-state index contributed by atoms with van der Waals surface area (Å²) in [5.41, 5.74) is 10.2. The van der Waals surface area contributed by atoms with Gasteiger partial charge in [-0.25, -0.2) is 0 Å². The SMILES string of the molecule is Cc1cc(C)c(N2c3ccccc3N(c3c(C(C)C)cccc3C(C)C)[C@H]2C)cn1. The Morgan fingerprint density at radius 3 is 1.87 bits per heavy atom. The van der Waals surface area contributed by atoms with Crippen molar-refractivity contribution in [3.8, 4) is 0 Å². The van der Waals surface area contributed by atoms with E-state index in [0.29, 0.717) is 11.8 Å². The number of nitrogens with zero attached hydrogens (tertiary/aromatic N) is 3. The van der Waals surface area contributed by atoms with Crippen molar-refractivity contribution in [3.05, 3.63) is 77.1 Å². The number of aromatic nitrogens is 1. The van der Waals surface area contributed by atoms with Gasteiger partial charge in [-0.1, -0.05) is 58.0 Å². The highest BCUT2D eigenvalue weighted by molar-refractivity contribution is 5.90. The zero-order valence-electron chi connectivity index (χ0n) is 19.3. The molecule has 3 nitrogen and oxygen atoms in total. The third kappa shape index (κ3) is 3.27. The molecule has 0 N–H and O–H groups in total. The van der Waals surface area contributed by atoms with E-state index in [-0.39, 0.29) is 6.17 Å². The summed E-state index contributed by atoms with van der Waals surface area (Å²) in [6.07, 6.45) is 2.18. The topological polar surface area (TPSA) is 19.4 Å². The summed E-state index contributed by atoms with van der Waals surface area (Å²) in [6.45, 7) is 15.7. The van der Waals surface area contributed by atoms with Gasteiger partial charge in [0, 0.05) is 5.69 Å². The van der Waals surface area contributed by atoms with Crippen LogP contribution in [0.15, 0.2) is 54.7 Å². The minimum atomic E-state index is 0.156. The lowest BCUT2D eigenvalue weighted by molar-refractivity contribution is 0.734. The maximum absolute atomic E-state index is 4.62. The molecule has 0 bridgehead atoms. The van der Waals surface area contributed by atoms with E-state index in [9.17, 15) is 0 Å². The van der Waals surface area contributed by atoms with Crippen LogP contribution < -0.4 is 9.80 Å². The lowest BCUT2D eigenvalue weighted by atomic mass is 9.91. The maximum atomic E-state index is 4.62.